The summed E-state index contributed by atoms with van der Waals surface area (Å²) in [5.74, 6) is -0.870. The summed E-state index contributed by atoms with van der Waals surface area (Å²) in [7, 11) is -1.16. The third-order valence-corrected chi connectivity index (χ3v) is 8.61. The minimum atomic E-state index is -4.28. The van der Waals surface area contributed by atoms with Crippen molar-refractivity contribution in [3.05, 3.63) is 83.9 Å². The fourth-order valence-electron chi connectivity index (χ4n) is 4.72. The topological polar surface area (TPSA) is 0 Å². The van der Waals surface area contributed by atoms with Crippen molar-refractivity contribution in [3.63, 3.8) is 0 Å². The number of benzene rings is 4. The molecule has 0 unspecified atom stereocenters. The van der Waals surface area contributed by atoms with Crippen LogP contribution < -0.4 is 0 Å². The Bertz CT molecular complexity index is 1240. The maximum atomic E-state index is 14.0. The highest BCUT2D eigenvalue weighted by atomic mass is 32.2. The van der Waals surface area contributed by atoms with Crippen LogP contribution in [-0.4, -0.2) is 11.9 Å². The van der Waals surface area contributed by atoms with Crippen LogP contribution in [0.25, 0.3) is 21.5 Å². The maximum Gasteiger partial charge on any atom is 0.434 e. The molecular weight excluding hydrogens is 449 g/mol. The molecule has 0 radical (unpaired) electrons. The second kappa shape index (κ2) is 8.64. The van der Waals surface area contributed by atoms with Gasteiger partial charge in [0.15, 0.2) is 9.79 Å². The van der Waals surface area contributed by atoms with Gasteiger partial charge in [0.25, 0.3) is 0 Å². The lowest BCUT2D eigenvalue weighted by atomic mass is 9.84. The Kier molecular flexibility index (Phi) is 6.27. The average molecular weight is 482 g/mol. The Morgan fingerprint density at radius 1 is 0.529 bits per heavy atom. The summed E-state index contributed by atoms with van der Waals surface area (Å²) in [6.07, 6.45) is -4.28. The van der Waals surface area contributed by atoms with Crippen molar-refractivity contribution in [1.82, 2.24) is 0 Å². The summed E-state index contributed by atoms with van der Waals surface area (Å²) in [5, 5.41) is 3.88. The predicted molar refractivity (Wildman–Crippen MR) is 140 cm³/mol. The van der Waals surface area contributed by atoms with Crippen molar-refractivity contribution in [2.75, 3.05) is 5.75 Å². The highest BCUT2D eigenvalue weighted by molar-refractivity contribution is 7.97. The van der Waals surface area contributed by atoms with Gasteiger partial charge in [-0.2, -0.15) is 13.2 Å². The van der Waals surface area contributed by atoms with Gasteiger partial charge in [-0.3, -0.25) is 0 Å². The Hall–Kier alpha value is -2.46. The van der Waals surface area contributed by atoms with Gasteiger partial charge in [0.2, 0.25) is 5.75 Å². The molecule has 0 atom stereocenters. The van der Waals surface area contributed by atoms with E-state index in [0.717, 1.165) is 42.5 Å². The molecule has 0 saturated heterocycles. The molecule has 0 aliphatic rings. The van der Waals surface area contributed by atoms with Crippen LogP contribution >= 0.6 is 0 Å². The van der Waals surface area contributed by atoms with E-state index < -0.39 is 22.8 Å². The molecule has 0 fully saturated rings. The van der Waals surface area contributed by atoms with Crippen LogP contribution in [-0.2, 0) is 21.7 Å². The fourth-order valence-corrected chi connectivity index (χ4v) is 6.95. The van der Waals surface area contributed by atoms with Gasteiger partial charge in [0.05, 0.1) is 10.9 Å². The molecule has 0 amide bonds. The Morgan fingerprint density at radius 3 is 1.21 bits per heavy atom. The Labute approximate surface area is 203 Å². The lowest BCUT2D eigenvalue weighted by Gasteiger charge is -2.24. The average Bonchev–Trinajstić information content (AvgIpc) is 2.74. The van der Waals surface area contributed by atoms with E-state index in [1.807, 2.05) is 72.8 Å². The van der Waals surface area contributed by atoms with Crippen LogP contribution in [0.3, 0.4) is 0 Å². The lowest BCUT2D eigenvalue weighted by Crippen LogP contribution is -2.24. The maximum absolute atomic E-state index is 14.0. The van der Waals surface area contributed by atoms with Crippen LogP contribution in [0.4, 0.5) is 13.2 Å². The molecule has 0 aliphatic heterocycles. The number of halogens is 3. The summed E-state index contributed by atoms with van der Waals surface area (Å²) in [4.78, 5) is 1.52. The molecule has 0 N–H and O–H groups in total. The Balaban J connectivity index is 2.04. The lowest BCUT2D eigenvalue weighted by molar-refractivity contribution is -0.105. The third-order valence-electron chi connectivity index (χ3n) is 6.22. The van der Waals surface area contributed by atoms with Gasteiger partial charge in [-0.15, -0.1) is 0 Å². The molecule has 0 aromatic heterocycles. The number of alkyl halides is 3. The van der Waals surface area contributed by atoms with E-state index in [1.54, 1.807) is 0 Å². The van der Waals surface area contributed by atoms with Gasteiger partial charge < -0.3 is 0 Å². The van der Waals surface area contributed by atoms with Crippen molar-refractivity contribution < 1.29 is 13.2 Å². The van der Waals surface area contributed by atoms with Crippen LogP contribution in [0.1, 0.15) is 52.7 Å². The van der Waals surface area contributed by atoms with Gasteiger partial charge in [-0.1, -0.05) is 90.1 Å². The molecule has 0 nitrogen and oxygen atoms in total. The number of hydrogen-bond acceptors (Lipinski definition) is 0. The van der Waals surface area contributed by atoms with E-state index in [9.17, 15) is 13.2 Å². The van der Waals surface area contributed by atoms with Gasteiger partial charge >= 0.3 is 6.18 Å². The zero-order valence-corrected chi connectivity index (χ0v) is 21.5. The summed E-state index contributed by atoms with van der Waals surface area (Å²) in [6, 6.07) is 23.7. The predicted octanol–water partition coefficient (Wildman–Crippen LogP) is 9.19. The SMILES string of the molecule is CC(C)(C)c1ccc([S+](CC(F)(F)F)c2ccc(C(C)(C)C)c3ccccc23)c2ccccc12. The van der Waals surface area contributed by atoms with Crippen molar-refractivity contribution >= 4 is 32.4 Å². The second-order valence-electron chi connectivity index (χ2n) is 11.0. The molecular formula is C30H32F3S+. The van der Waals surface area contributed by atoms with Crippen molar-refractivity contribution in [2.24, 2.45) is 0 Å². The van der Waals surface area contributed by atoms with Gasteiger partial charge in [0, 0.05) is 10.8 Å². The first kappa shape index (κ1) is 24.7. The van der Waals surface area contributed by atoms with Gasteiger partial charge in [0.1, 0.15) is 0 Å². The molecule has 0 heterocycles. The van der Waals surface area contributed by atoms with Gasteiger partial charge in [-0.05, 0) is 57.0 Å². The number of fused-ring (bicyclic) bond motifs is 2. The van der Waals surface area contributed by atoms with Crippen molar-refractivity contribution in [2.45, 2.75) is 68.3 Å². The molecule has 0 bridgehead atoms. The normalized spacial score (nSPS) is 13.2. The molecule has 0 saturated carbocycles. The summed E-state index contributed by atoms with van der Waals surface area (Å²) < 4.78 is 42.1. The molecule has 4 heteroatoms. The Morgan fingerprint density at radius 2 is 0.882 bits per heavy atom. The first-order valence-corrected chi connectivity index (χ1v) is 13.0. The minimum absolute atomic E-state index is 0.109. The molecule has 4 rings (SSSR count). The third kappa shape index (κ3) is 4.84. The van der Waals surface area contributed by atoms with Crippen LogP contribution in [0.15, 0.2) is 82.6 Å². The molecule has 0 spiro atoms. The van der Waals surface area contributed by atoms with Crippen molar-refractivity contribution in [1.29, 1.82) is 0 Å². The first-order chi connectivity index (χ1) is 15.8. The molecule has 0 aliphatic carbocycles. The zero-order chi connectivity index (χ0) is 24.9. The highest BCUT2D eigenvalue weighted by Crippen LogP contribution is 2.42. The fraction of sp³-hybridized carbons (Fsp3) is 0.333. The molecule has 178 valence electrons. The van der Waals surface area contributed by atoms with E-state index in [4.69, 9.17) is 0 Å². The first-order valence-electron chi connectivity index (χ1n) is 11.6. The molecule has 34 heavy (non-hydrogen) atoms. The smallest absolute Gasteiger partial charge is 0.166 e. The summed E-state index contributed by atoms with van der Waals surface area (Å²) in [5.41, 5.74) is 2.08. The van der Waals surface area contributed by atoms with E-state index in [0.29, 0.717) is 0 Å². The minimum Gasteiger partial charge on any atom is -0.166 e. The summed E-state index contributed by atoms with van der Waals surface area (Å²) in [6.45, 7) is 12.8. The molecule has 4 aromatic rings. The second-order valence-corrected chi connectivity index (χ2v) is 12.9. The van der Waals surface area contributed by atoms with E-state index in [2.05, 4.69) is 41.5 Å². The van der Waals surface area contributed by atoms with Gasteiger partial charge in [-0.25, -0.2) is 0 Å². The van der Waals surface area contributed by atoms with E-state index in [1.165, 1.54) is 0 Å². The van der Waals surface area contributed by atoms with E-state index in [-0.39, 0.29) is 10.8 Å². The molecule has 4 aromatic carbocycles. The van der Waals surface area contributed by atoms with Crippen LogP contribution in [0.5, 0.6) is 0 Å². The largest absolute Gasteiger partial charge is 0.434 e. The van der Waals surface area contributed by atoms with Crippen LogP contribution in [0.2, 0.25) is 0 Å². The monoisotopic (exact) mass is 481 g/mol. The summed E-state index contributed by atoms with van der Waals surface area (Å²) >= 11 is 0. The quantitative estimate of drug-likeness (QED) is 0.256. The standard InChI is InChI=1S/C30H32F3S/c1-28(2,3)24-15-17-26(22-13-9-7-11-20(22)24)34(19-30(31,32)33)27-18-16-25(29(4,5)6)21-12-8-10-14-23(21)27/h7-18H,19H2,1-6H3/q+1. The van der Waals surface area contributed by atoms with Crippen LogP contribution in [0, 0.1) is 0 Å². The highest BCUT2D eigenvalue weighted by Gasteiger charge is 2.43. The van der Waals surface area contributed by atoms with E-state index >= 15 is 0 Å². The number of hydrogen-bond donors (Lipinski definition) is 0. The number of rotatable bonds is 3. The van der Waals surface area contributed by atoms with Crippen molar-refractivity contribution in [3.8, 4) is 0 Å². The zero-order valence-electron chi connectivity index (χ0n) is 20.7.